The summed E-state index contributed by atoms with van der Waals surface area (Å²) in [7, 11) is 0. The molecule has 126 valence electrons. The van der Waals surface area contributed by atoms with Gasteiger partial charge in [-0.3, -0.25) is 14.4 Å². The van der Waals surface area contributed by atoms with Crippen LogP contribution in [0, 0.1) is 0 Å². The number of rotatable bonds is 8. The first-order chi connectivity index (χ1) is 11.0. The van der Waals surface area contributed by atoms with Gasteiger partial charge in [0.15, 0.2) is 5.78 Å². The molecule has 6 nitrogen and oxygen atoms in total. The van der Waals surface area contributed by atoms with Crippen LogP contribution in [0.5, 0.6) is 0 Å². The van der Waals surface area contributed by atoms with E-state index < -0.39 is 11.8 Å². The van der Waals surface area contributed by atoms with Crippen LogP contribution in [-0.4, -0.2) is 48.7 Å². The van der Waals surface area contributed by atoms with Gasteiger partial charge in [-0.05, 0) is 57.2 Å². The zero-order chi connectivity index (χ0) is 17.2. The summed E-state index contributed by atoms with van der Waals surface area (Å²) >= 11 is 0. The van der Waals surface area contributed by atoms with Gasteiger partial charge in [-0.15, -0.1) is 0 Å². The third kappa shape index (κ3) is 6.61. The minimum atomic E-state index is -0.705. The Bertz CT molecular complexity index is 537. The van der Waals surface area contributed by atoms with Gasteiger partial charge in [-0.25, -0.2) is 0 Å². The minimum Gasteiger partial charge on any atom is -0.348 e. The van der Waals surface area contributed by atoms with E-state index in [1.165, 1.54) is 6.92 Å². The molecule has 0 saturated heterocycles. The van der Waals surface area contributed by atoms with Gasteiger partial charge in [-0.2, -0.15) is 0 Å². The molecule has 2 N–H and O–H groups in total. The monoisotopic (exact) mass is 319 g/mol. The van der Waals surface area contributed by atoms with Crippen LogP contribution in [-0.2, 0) is 9.59 Å². The third-order valence-corrected chi connectivity index (χ3v) is 3.59. The minimum absolute atomic E-state index is 0.0474. The molecule has 23 heavy (non-hydrogen) atoms. The Balaban J connectivity index is 2.36. The molecule has 2 amide bonds. The Hall–Kier alpha value is -2.21. The van der Waals surface area contributed by atoms with Gasteiger partial charge in [0.1, 0.15) is 0 Å². The highest BCUT2D eigenvalue weighted by atomic mass is 16.2. The summed E-state index contributed by atoms with van der Waals surface area (Å²) in [4.78, 5) is 36.9. The zero-order valence-corrected chi connectivity index (χ0v) is 14.0. The van der Waals surface area contributed by atoms with Crippen molar-refractivity contribution in [2.45, 2.75) is 27.2 Å². The Morgan fingerprint density at radius 2 is 1.61 bits per heavy atom. The maximum absolute atomic E-state index is 11.8. The van der Waals surface area contributed by atoms with Crippen LogP contribution in [0.3, 0.4) is 0 Å². The summed E-state index contributed by atoms with van der Waals surface area (Å²) in [5.74, 6) is -1.41. The summed E-state index contributed by atoms with van der Waals surface area (Å²) in [5, 5.41) is 5.11. The standard InChI is InChI=1S/C17H25N3O3/c1-4-20(5-2)12-6-11-18-16(22)17(23)19-15-9-7-14(8-10-15)13(3)21/h7-10H,4-6,11-12H2,1-3H3,(H,18,22)(H,19,23). The Morgan fingerprint density at radius 3 is 2.13 bits per heavy atom. The van der Waals surface area contributed by atoms with Crippen molar-refractivity contribution in [1.29, 1.82) is 0 Å². The van der Waals surface area contributed by atoms with Gasteiger partial charge in [0.05, 0.1) is 0 Å². The maximum atomic E-state index is 11.8. The second kappa shape index (κ2) is 9.74. The van der Waals surface area contributed by atoms with Crippen LogP contribution in [0.1, 0.15) is 37.6 Å². The quantitative estimate of drug-likeness (QED) is 0.434. The number of hydrogen-bond donors (Lipinski definition) is 2. The highest BCUT2D eigenvalue weighted by Gasteiger charge is 2.13. The fourth-order valence-corrected chi connectivity index (χ4v) is 2.10. The topological polar surface area (TPSA) is 78.5 Å². The molecule has 0 radical (unpaired) electrons. The van der Waals surface area contributed by atoms with Gasteiger partial charge in [0.25, 0.3) is 0 Å². The van der Waals surface area contributed by atoms with E-state index in [1.54, 1.807) is 24.3 Å². The summed E-state index contributed by atoms with van der Waals surface area (Å²) < 4.78 is 0. The van der Waals surface area contributed by atoms with Gasteiger partial charge in [0.2, 0.25) is 0 Å². The van der Waals surface area contributed by atoms with Crippen molar-refractivity contribution in [3.63, 3.8) is 0 Å². The van der Waals surface area contributed by atoms with Crippen LogP contribution in [0.2, 0.25) is 0 Å². The van der Waals surface area contributed by atoms with Gasteiger partial charge >= 0.3 is 11.8 Å². The molecule has 6 heteroatoms. The van der Waals surface area contributed by atoms with Crippen molar-refractivity contribution < 1.29 is 14.4 Å². The smallest absolute Gasteiger partial charge is 0.313 e. The number of benzene rings is 1. The molecule has 1 rings (SSSR count). The molecular formula is C17H25N3O3. The van der Waals surface area contributed by atoms with Gasteiger partial charge in [-0.1, -0.05) is 13.8 Å². The van der Waals surface area contributed by atoms with E-state index in [4.69, 9.17) is 0 Å². The lowest BCUT2D eigenvalue weighted by molar-refractivity contribution is -0.136. The van der Waals surface area contributed by atoms with Crippen molar-refractivity contribution in [2.24, 2.45) is 0 Å². The highest BCUT2D eigenvalue weighted by Crippen LogP contribution is 2.09. The summed E-state index contributed by atoms with van der Waals surface area (Å²) in [5.41, 5.74) is 1.04. The lowest BCUT2D eigenvalue weighted by Crippen LogP contribution is -2.37. The number of anilines is 1. The molecule has 0 heterocycles. The van der Waals surface area contributed by atoms with Crippen molar-refractivity contribution >= 4 is 23.3 Å². The summed E-state index contributed by atoms with van der Waals surface area (Å²) in [6, 6.07) is 6.42. The molecule has 0 bridgehead atoms. The average molecular weight is 319 g/mol. The van der Waals surface area contributed by atoms with E-state index in [0.29, 0.717) is 17.8 Å². The number of ketones is 1. The molecule has 0 spiro atoms. The molecule has 0 atom stereocenters. The van der Waals surface area contributed by atoms with E-state index in [1.807, 2.05) is 0 Å². The second-order valence-electron chi connectivity index (χ2n) is 5.22. The maximum Gasteiger partial charge on any atom is 0.313 e. The van der Waals surface area contributed by atoms with E-state index >= 15 is 0 Å². The van der Waals surface area contributed by atoms with Crippen molar-refractivity contribution in [3.05, 3.63) is 29.8 Å². The van der Waals surface area contributed by atoms with Gasteiger partial charge in [0, 0.05) is 17.8 Å². The van der Waals surface area contributed by atoms with Crippen molar-refractivity contribution in [3.8, 4) is 0 Å². The normalized spacial score (nSPS) is 10.4. The molecule has 0 aliphatic heterocycles. The second-order valence-corrected chi connectivity index (χ2v) is 5.22. The van der Waals surface area contributed by atoms with Crippen molar-refractivity contribution in [2.75, 3.05) is 31.5 Å². The lowest BCUT2D eigenvalue weighted by atomic mass is 10.1. The molecule has 0 aliphatic carbocycles. The Morgan fingerprint density at radius 1 is 1.00 bits per heavy atom. The van der Waals surface area contributed by atoms with Crippen LogP contribution in [0.15, 0.2) is 24.3 Å². The Kier molecular flexibility index (Phi) is 7.97. The molecule has 0 unspecified atom stereocenters. The van der Waals surface area contributed by atoms with Crippen LogP contribution in [0.4, 0.5) is 5.69 Å². The molecule has 0 fully saturated rings. The number of nitrogens with zero attached hydrogens (tertiary/aromatic N) is 1. The van der Waals surface area contributed by atoms with Crippen LogP contribution in [0.25, 0.3) is 0 Å². The number of hydrogen-bond acceptors (Lipinski definition) is 4. The first kappa shape index (κ1) is 18.8. The zero-order valence-electron chi connectivity index (χ0n) is 14.0. The SMILES string of the molecule is CCN(CC)CCCNC(=O)C(=O)Nc1ccc(C(C)=O)cc1. The molecule has 1 aromatic carbocycles. The summed E-state index contributed by atoms with van der Waals surface area (Å²) in [6.07, 6.45) is 0.800. The van der Waals surface area contributed by atoms with Crippen LogP contribution < -0.4 is 10.6 Å². The first-order valence-corrected chi connectivity index (χ1v) is 7.90. The predicted octanol–water partition coefficient (Wildman–Crippen LogP) is 1.68. The predicted molar refractivity (Wildman–Crippen MR) is 90.5 cm³/mol. The molecule has 0 aliphatic rings. The molecular weight excluding hydrogens is 294 g/mol. The fourth-order valence-electron chi connectivity index (χ4n) is 2.10. The van der Waals surface area contributed by atoms with E-state index in [9.17, 15) is 14.4 Å². The van der Waals surface area contributed by atoms with E-state index in [-0.39, 0.29) is 5.78 Å². The number of carbonyl (C=O) groups is 3. The summed E-state index contributed by atoms with van der Waals surface area (Å²) in [6.45, 7) is 8.95. The third-order valence-electron chi connectivity index (χ3n) is 3.59. The molecule has 1 aromatic rings. The first-order valence-electron chi connectivity index (χ1n) is 7.90. The van der Waals surface area contributed by atoms with Gasteiger partial charge < -0.3 is 15.5 Å². The lowest BCUT2D eigenvalue weighted by Gasteiger charge is -2.17. The number of nitrogens with one attached hydrogen (secondary N) is 2. The molecule has 0 aromatic heterocycles. The molecule has 0 saturated carbocycles. The average Bonchev–Trinajstić information content (AvgIpc) is 2.55. The van der Waals surface area contributed by atoms with E-state index in [2.05, 4.69) is 29.4 Å². The number of Topliss-reactive ketones (excluding diaryl/α,β-unsaturated/α-hetero) is 1. The van der Waals surface area contributed by atoms with Crippen molar-refractivity contribution in [1.82, 2.24) is 10.2 Å². The largest absolute Gasteiger partial charge is 0.348 e. The highest BCUT2D eigenvalue weighted by molar-refractivity contribution is 6.39. The van der Waals surface area contributed by atoms with E-state index in [0.717, 1.165) is 26.1 Å². The Labute approximate surface area is 137 Å². The number of amides is 2. The fraction of sp³-hybridized carbons (Fsp3) is 0.471. The van der Waals surface area contributed by atoms with Crippen LogP contribution >= 0.6 is 0 Å². The number of carbonyl (C=O) groups excluding carboxylic acids is 3.